The van der Waals surface area contributed by atoms with Gasteiger partial charge in [0.05, 0.1) is 35.5 Å². The molecule has 0 saturated carbocycles. The van der Waals surface area contributed by atoms with Gasteiger partial charge in [-0.15, -0.1) is 5.10 Å². The first-order valence-corrected chi connectivity index (χ1v) is 12.0. The number of fused-ring (bicyclic) bond motifs is 2. The SMILES string of the molecule is O=C(Nc1ccc2nc(N3CCOCC3)sc2c1)c1ccc(Cn2nnc3ccccc32)cc1. The minimum atomic E-state index is -0.143. The summed E-state index contributed by atoms with van der Waals surface area (Å²) in [5.41, 5.74) is 5.20. The van der Waals surface area contributed by atoms with Crippen LogP contribution in [0, 0.1) is 0 Å². The molecular weight excluding hydrogens is 448 g/mol. The molecule has 1 aliphatic rings. The van der Waals surface area contributed by atoms with Crippen LogP contribution in [0.4, 0.5) is 10.8 Å². The van der Waals surface area contributed by atoms with Gasteiger partial charge in [0.15, 0.2) is 5.13 Å². The number of rotatable bonds is 5. The molecule has 1 N–H and O–H groups in total. The van der Waals surface area contributed by atoms with Crippen LogP contribution in [0.25, 0.3) is 21.3 Å². The van der Waals surface area contributed by atoms with Crippen molar-refractivity contribution in [1.29, 1.82) is 0 Å². The van der Waals surface area contributed by atoms with Crippen molar-refractivity contribution in [3.8, 4) is 0 Å². The van der Waals surface area contributed by atoms with Crippen LogP contribution in [-0.4, -0.2) is 52.2 Å². The first-order valence-electron chi connectivity index (χ1n) is 11.1. The number of carbonyl (C=O) groups excluding carboxylic acids is 1. The van der Waals surface area contributed by atoms with E-state index in [2.05, 4.69) is 20.5 Å². The number of nitrogens with one attached hydrogen (secondary N) is 1. The van der Waals surface area contributed by atoms with Gasteiger partial charge >= 0.3 is 0 Å². The maximum absolute atomic E-state index is 12.8. The predicted molar refractivity (Wildman–Crippen MR) is 134 cm³/mol. The van der Waals surface area contributed by atoms with Crippen LogP contribution in [0.3, 0.4) is 0 Å². The number of thiazole rings is 1. The fraction of sp³-hybridized carbons (Fsp3) is 0.200. The second kappa shape index (κ2) is 8.85. The molecule has 0 spiro atoms. The molecule has 9 heteroatoms. The number of ether oxygens (including phenoxy) is 1. The molecule has 0 unspecified atom stereocenters. The molecule has 1 saturated heterocycles. The van der Waals surface area contributed by atoms with Gasteiger partial charge in [0.25, 0.3) is 5.91 Å². The Morgan fingerprint density at radius 2 is 1.82 bits per heavy atom. The van der Waals surface area contributed by atoms with Crippen LogP contribution < -0.4 is 10.2 Å². The minimum absolute atomic E-state index is 0.143. The van der Waals surface area contributed by atoms with Gasteiger partial charge in [-0.25, -0.2) is 9.67 Å². The zero-order valence-corrected chi connectivity index (χ0v) is 19.2. The van der Waals surface area contributed by atoms with E-state index in [9.17, 15) is 4.79 Å². The molecule has 3 heterocycles. The molecule has 0 atom stereocenters. The van der Waals surface area contributed by atoms with Crippen LogP contribution in [0.15, 0.2) is 66.7 Å². The normalized spacial score (nSPS) is 14.1. The van der Waals surface area contributed by atoms with E-state index in [0.29, 0.717) is 12.1 Å². The molecule has 2 aromatic heterocycles. The molecule has 0 radical (unpaired) electrons. The maximum Gasteiger partial charge on any atom is 0.255 e. The maximum atomic E-state index is 12.8. The highest BCUT2D eigenvalue weighted by Gasteiger charge is 2.16. The van der Waals surface area contributed by atoms with Crippen LogP contribution in [0.1, 0.15) is 15.9 Å². The van der Waals surface area contributed by atoms with Crippen molar-refractivity contribution in [3.63, 3.8) is 0 Å². The van der Waals surface area contributed by atoms with Crippen molar-refractivity contribution < 1.29 is 9.53 Å². The number of morpholine rings is 1. The van der Waals surface area contributed by atoms with Crippen molar-refractivity contribution in [2.75, 3.05) is 36.5 Å². The second-order valence-electron chi connectivity index (χ2n) is 8.17. The average Bonchev–Trinajstić information content (AvgIpc) is 3.49. The van der Waals surface area contributed by atoms with Crippen molar-refractivity contribution >= 4 is 49.3 Å². The van der Waals surface area contributed by atoms with E-state index in [1.54, 1.807) is 11.3 Å². The highest BCUT2D eigenvalue weighted by Crippen LogP contribution is 2.31. The number of anilines is 2. The van der Waals surface area contributed by atoms with E-state index in [0.717, 1.165) is 63.9 Å². The van der Waals surface area contributed by atoms with Crippen molar-refractivity contribution in [2.45, 2.75) is 6.54 Å². The van der Waals surface area contributed by atoms with Crippen LogP contribution >= 0.6 is 11.3 Å². The lowest BCUT2D eigenvalue weighted by atomic mass is 10.1. The molecule has 3 aromatic carbocycles. The van der Waals surface area contributed by atoms with E-state index in [1.807, 2.05) is 71.4 Å². The molecule has 170 valence electrons. The fourth-order valence-electron chi connectivity index (χ4n) is 4.05. The van der Waals surface area contributed by atoms with Gasteiger partial charge in [0, 0.05) is 24.3 Å². The summed E-state index contributed by atoms with van der Waals surface area (Å²) in [4.78, 5) is 19.8. The molecule has 8 nitrogen and oxygen atoms in total. The summed E-state index contributed by atoms with van der Waals surface area (Å²) in [5, 5.41) is 12.4. The number of aromatic nitrogens is 4. The highest BCUT2D eigenvalue weighted by atomic mass is 32.1. The number of para-hydroxylation sites is 1. The molecule has 1 amide bonds. The Morgan fingerprint density at radius 1 is 1.00 bits per heavy atom. The molecule has 6 rings (SSSR count). The third-order valence-electron chi connectivity index (χ3n) is 5.89. The first-order chi connectivity index (χ1) is 16.7. The Labute approximate surface area is 199 Å². The summed E-state index contributed by atoms with van der Waals surface area (Å²) >= 11 is 1.64. The number of benzene rings is 3. The molecular formula is C25H22N6O2S. The lowest BCUT2D eigenvalue weighted by Gasteiger charge is -2.25. The predicted octanol–water partition coefficient (Wildman–Crippen LogP) is 4.18. The standard InChI is InChI=1S/C25H22N6O2S/c32-24(18-7-5-17(6-8-18)16-31-22-4-2-1-3-20(22)28-29-31)26-19-9-10-21-23(15-19)34-25(27-21)30-11-13-33-14-12-30/h1-10,15H,11-14,16H2,(H,26,32). The second-order valence-corrected chi connectivity index (χ2v) is 9.17. The highest BCUT2D eigenvalue weighted by molar-refractivity contribution is 7.22. The number of amides is 1. The Kier molecular flexibility index (Phi) is 5.40. The summed E-state index contributed by atoms with van der Waals surface area (Å²) in [7, 11) is 0. The summed E-state index contributed by atoms with van der Waals surface area (Å²) in [6.07, 6.45) is 0. The molecule has 5 aromatic rings. The van der Waals surface area contributed by atoms with E-state index in [4.69, 9.17) is 9.72 Å². The van der Waals surface area contributed by atoms with Gasteiger partial charge in [-0.1, -0.05) is 40.8 Å². The summed E-state index contributed by atoms with van der Waals surface area (Å²) in [5.74, 6) is -0.143. The Morgan fingerprint density at radius 3 is 2.68 bits per heavy atom. The Hall–Kier alpha value is -3.82. The largest absolute Gasteiger partial charge is 0.378 e. The van der Waals surface area contributed by atoms with Gasteiger partial charge in [0.2, 0.25) is 0 Å². The number of nitrogens with zero attached hydrogens (tertiary/aromatic N) is 5. The van der Waals surface area contributed by atoms with Crippen LogP contribution in [0.2, 0.25) is 0 Å². The van der Waals surface area contributed by atoms with Crippen molar-refractivity contribution in [2.24, 2.45) is 0 Å². The molecule has 34 heavy (non-hydrogen) atoms. The van der Waals surface area contributed by atoms with Gasteiger partial charge in [0.1, 0.15) is 5.52 Å². The van der Waals surface area contributed by atoms with Crippen LogP contribution in [-0.2, 0) is 11.3 Å². The van der Waals surface area contributed by atoms with Crippen molar-refractivity contribution in [1.82, 2.24) is 20.0 Å². The summed E-state index contributed by atoms with van der Waals surface area (Å²) < 4.78 is 8.34. The lowest BCUT2D eigenvalue weighted by Crippen LogP contribution is -2.36. The average molecular weight is 471 g/mol. The molecule has 1 fully saturated rings. The molecule has 0 aliphatic carbocycles. The van der Waals surface area contributed by atoms with E-state index in [1.165, 1.54) is 0 Å². The van der Waals surface area contributed by atoms with Gasteiger partial charge in [-0.3, -0.25) is 4.79 Å². The Balaban J connectivity index is 1.15. The quantitative estimate of drug-likeness (QED) is 0.415. The zero-order valence-electron chi connectivity index (χ0n) is 18.3. The van der Waals surface area contributed by atoms with Crippen LogP contribution in [0.5, 0.6) is 0 Å². The number of carbonyl (C=O) groups is 1. The van der Waals surface area contributed by atoms with E-state index < -0.39 is 0 Å². The fourth-order valence-corrected chi connectivity index (χ4v) is 5.11. The Bertz CT molecular complexity index is 1470. The minimum Gasteiger partial charge on any atom is -0.378 e. The topological polar surface area (TPSA) is 85.2 Å². The summed E-state index contributed by atoms with van der Waals surface area (Å²) in [6, 6.07) is 21.3. The molecule has 0 bridgehead atoms. The monoisotopic (exact) mass is 470 g/mol. The third kappa shape index (κ3) is 4.11. The summed E-state index contributed by atoms with van der Waals surface area (Å²) in [6.45, 7) is 3.76. The number of hydrogen-bond donors (Lipinski definition) is 1. The van der Waals surface area contributed by atoms with Crippen molar-refractivity contribution in [3.05, 3.63) is 77.9 Å². The van der Waals surface area contributed by atoms with Gasteiger partial charge in [-0.2, -0.15) is 0 Å². The van der Waals surface area contributed by atoms with E-state index in [-0.39, 0.29) is 5.91 Å². The zero-order chi connectivity index (χ0) is 22.9. The lowest BCUT2D eigenvalue weighted by molar-refractivity contribution is 0.102. The van der Waals surface area contributed by atoms with Gasteiger partial charge < -0.3 is 15.0 Å². The van der Waals surface area contributed by atoms with Gasteiger partial charge in [-0.05, 0) is 48.0 Å². The number of hydrogen-bond acceptors (Lipinski definition) is 7. The van der Waals surface area contributed by atoms with E-state index >= 15 is 0 Å². The molecule has 1 aliphatic heterocycles. The first kappa shape index (κ1) is 20.8. The smallest absolute Gasteiger partial charge is 0.255 e. The third-order valence-corrected chi connectivity index (χ3v) is 6.96.